The summed E-state index contributed by atoms with van der Waals surface area (Å²) in [6, 6.07) is 38.5. The molecule has 33 heavy (non-hydrogen) atoms. The lowest BCUT2D eigenvalue weighted by Gasteiger charge is -2.37. The molecule has 0 spiro atoms. The summed E-state index contributed by atoms with van der Waals surface area (Å²) in [5.41, 5.74) is 5.21. The van der Waals surface area contributed by atoms with Crippen LogP contribution in [-0.2, 0) is 4.57 Å². The summed E-state index contributed by atoms with van der Waals surface area (Å²) < 4.78 is 14.9. The minimum Gasteiger partial charge on any atom is -0.309 e. The summed E-state index contributed by atoms with van der Waals surface area (Å²) in [6.45, 7) is 0. The van der Waals surface area contributed by atoms with Gasteiger partial charge in [0.05, 0.1) is 11.4 Å². The van der Waals surface area contributed by atoms with E-state index < -0.39 is 7.14 Å². The van der Waals surface area contributed by atoms with Gasteiger partial charge >= 0.3 is 0 Å². The molecule has 0 fully saturated rings. The normalized spacial score (nSPS) is 13.8. The fourth-order valence-corrected chi connectivity index (χ4v) is 7.63. The number of fused-ring (bicyclic) bond motifs is 2. The molecule has 0 N–H and O–H groups in total. The number of aromatic nitrogens is 1. The molecular weight excluding hydrogens is 423 g/mol. The highest BCUT2D eigenvalue weighted by Gasteiger charge is 2.40. The Morgan fingerprint density at radius 2 is 1.06 bits per heavy atom. The van der Waals surface area contributed by atoms with E-state index in [1.54, 1.807) is 0 Å². The van der Waals surface area contributed by atoms with Gasteiger partial charge in [0.2, 0.25) is 0 Å². The van der Waals surface area contributed by atoms with Crippen LogP contribution in [0.5, 0.6) is 0 Å². The van der Waals surface area contributed by atoms with Crippen molar-refractivity contribution in [3.63, 3.8) is 0 Å². The molecule has 5 aromatic rings. The minimum atomic E-state index is -3.01. The second-order valence-electron chi connectivity index (χ2n) is 8.04. The van der Waals surface area contributed by atoms with E-state index in [9.17, 15) is 4.57 Å². The molecule has 0 unspecified atom stereocenters. The maximum atomic E-state index is 14.9. The Labute approximate surface area is 193 Å². The lowest BCUT2D eigenvalue weighted by atomic mass is 10.1. The molecule has 1 aliphatic rings. The van der Waals surface area contributed by atoms with E-state index in [0.717, 1.165) is 44.1 Å². The molecule has 6 rings (SSSR count). The third-order valence-electron chi connectivity index (χ3n) is 6.18. The van der Waals surface area contributed by atoms with Crippen LogP contribution >= 0.6 is 7.14 Å². The van der Waals surface area contributed by atoms with Crippen molar-refractivity contribution in [2.75, 3.05) is 4.90 Å². The van der Waals surface area contributed by atoms with Crippen molar-refractivity contribution in [2.45, 2.75) is 0 Å². The first-order valence-corrected chi connectivity index (χ1v) is 12.6. The predicted molar refractivity (Wildman–Crippen MR) is 137 cm³/mol. The van der Waals surface area contributed by atoms with E-state index in [4.69, 9.17) is 0 Å². The van der Waals surface area contributed by atoms with Gasteiger partial charge in [-0.2, -0.15) is 0 Å². The van der Waals surface area contributed by atoms with Gasteiger partial charge < -0.3 is 9.46 Å². The number of anilines is 3. The third kappa shape index (κ3) is 3.13. The van der Waals surface area contributed by atoms with Crippen LogP contribution in [0.3, 0.4) is 0 Å². The van der Waals surface area contributed by atoms with Crippen LogP contribution < -0.4 is 20.8 Å². The van der Waals surface area contributed by atoms with Crippen LogP contribution in [0.25, 0.3) is 11.1 Å². The van der Waals surface area contributed by atoms with E-state index in [2.05, 4.69) is 46.3 Å². The molecular formula is C29H21N2OP. The minimum absolute atomic E-state index is 0.859. The summed E-state index contributed by atoms with van der Waals surface area (Å²) in [5, 5.41) is 2.60. The van der Waals surface area contributed by atoms with E-state index in [1.807, 2.05) is 91.3 Å². The van der Waals surface area contributed by atoms with Gasteiger partial charge in [0.1, 0.15) is 0 Å². The van der Waals surface area contributed by atoms with Gasteiger partial charge in [0.15, 0.2) is 7.14 Å². The molecule has 0 saturated carbocycles. The number of nitrogens with zero attached hydrogens (tertiary/aromatic N) is 2. The zero-order valence-corrected chi connectivity index (χ0v) is 18.8. The fourth-order valence-electron chi connectivity index (χ4n) is 4.64. The van der Waals surface area contributed by atoms with Gasteiger partial charge in [-0.3, -0.25) is 4.98 Å². The van der Waals surface area contributed by atoms with Crippen molar-refractivity contribution in [1.82, 2.24) is 4.98 Å². The summed E-state index contributed by atoms with van der Waals surface area (Å²) in [4.78, 5) is 6.34. The Balaban J connectivity index is 1.56. The molecule has 0 aliphatic carbocycles. The van der Waals surface area contributed by atoms with Crippen LogP contribution in [0.15, 0.2) is 128 Å². The molecule has 0 atom stereocenters. The first-order chi connectivity index (χ1) is 16.3. The van der Waals surface area contributed by atoms with Crippen molar-refractivity contribution < 1.29 is 4.57 Å². The first-order valence-electron chi connectivity index (χ1n) is 10.9. The standard InChI is InChI=1S/C29H21N2OP/c32-33(25-8-2-1-3-9-25)28-12-6-4-10-26(28)31(27-11-5-7-13-29(27)33)24-16-14-22(15-17-24)23-18-20-30-21-19-23/h1-21H. The van der Waals surface area contributed by atoms with Gasteiger partial charge in [-0.15, -0.1) is 0 Å². The van der Waals surface area contributed by atoms with E-state index >= 15 is 0 Å². The molecule has 0 bridgehead atoms. The van der Waals surface area contributed by atoms with Crippen molar-refractivity contribution in [3.05, 3.63) is 128 Å². The van der Waals surface area contributed by atoms with Crippen LogP contribution in [0.4, 0.5) is 17.1 Å². The molecule has 1 aromatic heterocycles. The Kier molecular flexibility index (Phi) is 4.71. The van der Waals surface area contributed by atoms with Crippen molar-refractivity contribution in [3.8, 4) is 11.1 Å². The van der Waals surface area contributed by atoms with Gasteiger partial charge in [-0.25, -0.2) is 0 Å². The third-order valence-corrected chi connectivity index (χ3v) is 9.32. The molecule has 4 aromatic carbocycles. The zero-order chi connectivity index (χ0) is 22.3. The van der Waals surface area contributed by atoms with Crippen molar-refractivity contribution >= 4 is 40.1 Å². The topological polar surface area (TPSA) is 33.2 Å². The number of benzene rings is 4. The Morgan fingerprint density at radius 3 is 1.67 bits per heavy atom. The van der Waals surface area contributed by atoms with Crippen LogP contribution in [0.1, 0.15) is 0 Å². The molecule has 1 aliphatic heterocycles. The molecule has 0 radical (unpaired) electrons. The maximum absolute atomic E-state index is 14.9. The van der Waals surface area contributed by atoms with Gasteiger partial charge in [-0.05, 0) is 59.7 Å². The van der Waals surface area contributed by atoms with Gasteiger partial charge in [0.25, 0.3) is 0 Å². The second kappa shape index (κ2) is 7.88. The largest absolute Gasteiger partial charge is 0.309 e. The van der Waals surface area contributed by atoms with E-state index in [-0.39, 0.29) is 0 Å². The highest BCUT2D eigenvalue weighted by Crippen LogP contribution is 2.53. The molecule has 3 nitrogen and oxygen atoms in total. The summed E-state index contributed by atoms with van der Waals surface area (Å²) in [7, 11) is -3.01. The van der Waals surface area contributed by atoms with Crippen LogP contribution in [0, 0.1) is 0 Å². The number of hydrogen-bond donors (Lipinski definition) is 0. The predicted octanol–water partition coefficient (Wildman–Crippen LogP) is 6.17. The highest BCUT2D eigenvalue weighted by atomic mass is 31.2. The average Bonchev–Trinajstić information content (AvgIpc) is 2.90. The lowest BCUT2D eigenvalue weighted by Crippen LogP contribution is -2.36. The zero-order valence-electron chi connectivity index (χ0n) is 17.9. The van der Waals surface area contributed by atoms with E-state index in [1.165, 1.54) is 0 Å². The number of para-hydroxylation sites is 2. The summed E-state index contributed by atoms with van der Waals surface area (Å²) in [6.07, 6.45) is 3.61. The Morgan fingerprint density at radius 1 is 0.545 bits per heavy atom. The molecule has 158 valence electrons. The number of hydrogen-bond acceptors (Lipinski definition) is 3. The molecule has 0 saturated heterocycles. The summed E-state index contributed by atoms with van der Waals surface area (Å²) >= 11 is 0. The summed E-state index contributed by atoms with van der Waals surface area (Å²) in [5.74, 6) is 0. The fraction of sp³-hybridized carbons (Fsp3) is 0. The smallest absolute Gasteiger partial charge is 0.175 e. The number of pyridine rings is 1. The Bertz CT molecular complexity index is 1430. The monoisotopic (exact) mass is 444 g/mol. The second-order valence-corrected chi connectivity index (χ2v) is 10.7. The van der Waals surface area contributed by atoms with E-state index in [0.29, 0.717) is 0 Å². The van der Waals surface area contributed by atoms with Gasteiger partial charge in [-0.1, -0.05) is 66.7 Å². The Hall–Kier alpha value is -3.94. The SMILES string of the molecule is O=P1(c2ccccc2)c2ccccc2N(c2ccc(-c3ccncc3)cc2)c2ccccc21. The van der Waals surface area contributed by atoms with Crippen LogP contribution in [0.2, 0.25) is 0 Å². The lowest BCUT2D eigenvalue weighted by molar-refractivity contribution is 0.592. The quantitative estimate of drug-likeness (QED) is 0.306. The highest BCUT2D eigenvalue weighted by molar-refractivity contribution is 7.86. The number of rotatable bonds is 3. The molecule has 0 amide bonds. The maximum Gasteiger partial charge on any atom is 0.175 e. The van der Waals surface area contributed by atoms with Crippen molar-refractivity contribution in [2.24, 2.45) is 0 Å². The van der Waals surface area contributed by atoms with Crippen LogP contribution in [-0.4, -0.2) is 4.98 Å². The van der Waals surface area contributed by atoms with Gasteiger partial charge in [0, 0.05) is 34.0 Å². The first kappa shape index (κ1) is 19.7. The average molecular weight is 444 g/mol. The van der Waals surface area contributed by atoms with Crippen molar-refractivity contribution in [1.29, 1.82) is 0 Å². The molecule has 2 heterocycles. The molecule has 4 heteroatoms.